The Morgan fingerprint density at radius 2 is 2.15 bits per heavy atom. The molecule has 4 heteroatoms. The van der Waals surface area contributed by atoms with Crippen molar-refractivity contribution in [2.75, 3.05) is 19.6 Å². The van der Waals surface area contributed by atoms with E-state index in [0.717, 1.165) is 31.4 Å². The van der Waals surface area contributed by atoms with E-state index in [1.807, 2.05) is 12.5 Å². The summed E-state index contributed by atoms with van der Waals surface area (Å²) in [6.07, 6.45) is 7.33. The Bertz CT molecular complexity index is 561. The van der Waals surface area contributed by atoms with Crippen LogP contribution in [0.4, 0.5) is 0 Å². The number of likely N-dealkylation sites (N-methyl/N-ethyl adjacent to an activating group) is 1. The third-order valence-electron chi connectivity index (χ3n) is 4.11. The normalized spacial score (nSPS) is 19.4. The molecule has 0 bridgehead atoms. The number of hydrogen-bond acceptors (Lipinski definition) is 3. The maximum Gasteiger partial charge on any atom is 0.107 e. The van der Waals surface area contributed by atoms with E-state index < -0.39 is 0 Å². The first-order valence-electron chi connectivity index (χ1n) is 7.35. The van der Waals surface area contributed by atoms with Crippen molar-refractivity contribution in [3.05, 3.63) is 24.3 Å². The molecule has 3 heterocycles. The van der Waals surface area contributed by atoms with Crippen molar-refractivity contribution in [3.8, 4) is 0 Å². The predicted octanol–water partition coefficient (Wildman–Crippen LogP) is 3.29. The predicted molar refractivity (Wildman–Crippen MR) is 84.0 cm³/mol. The van der Waals surface area contributed by atoms with E-state index in [1.54, 1.807) is 0 Å². The maximum atomic E-state index is 4.50. The number of fused-ring (bicyclic) bond motifs is 1. The van der Waals surface area contributed by atoms with Gasteiger partial charge in [-0.05, 0) is 25.5 Å². The highest BCUT2D eigenvalue weighted by atomic mass is 15.2. The van der Waals surface area contributed by atoms with E-state index in [0.29, 0.717) is 6.04 Å². The Hall–Kier alpha value is -1.42. The van der Waals surface area contributed by atoms with Crippen LogP contribution in [0.15, 0.2) is 18.6 Å². The minimum atomic E-state index is 0. The number of imidazole rings is 1. The largest absolute Gasteiger partial charge is 0.326 e. The summed E-state index contributed by atoms with van der Waals surface area (Å²) in [7, 11) is 0. The summed E-state index contributed by atoms with van der Waals surface area (Å²) in [4.78, 5) is 11.5. The van der Waals surface area contributed by atoms with Crippen molar-refractivity contribution in [2.45, 2.75) is 46.6 Å². The lowest BCUT2D eigenvalue weighted by Crippen LogP contribution is -2.20. The molecule has 2 aromatic heterocycles. The molecule has 2 aromatic rings. The molecule has 20 heavy (non-hydrogen) atoms. The molecule has 0 unspecified atom stereocenters. The van der Waals surface area contributed by atoms with Crippen LogP contribution in [0, 0.1) is 0 Å². The standard InChI is InChI=1S/C15H22N4.CH4/c1-3-5-12-8-15-14(9-16-12)17-11-19(15)13-6-7-18(4-2)10-13;/h8-9,11,13H,3-7,10H2,1-2H3;1H4/t13-;/m1./s1. The van der Waals surface area contributed by atoms with Crippen molar-refractivity contribution >= 4 is 11.0 Å². The van der Waals surface area contributed by atoms with Gasteiger partial charge in [0.2, 0.25) is 0 Å². The number of nitrogens with zero attached hydrogens (tertiary/aromatic N) is 4. The highest BCUT2D eigenvalue weighted by molar-refractivity contribution is 5.74. The molecule has 1 aliphatic rings. The summed E-state index contributed by atoms with van der Waals surface area (Å²) < 4.78 is 2.35. The van der Waals surface area contributed by atoms with Crippen molar-refractivity contribution in [1.29, 1.82) is 0 Å². The average Bonchev–Trinajstić information content (AvgIpc) is 3.04. The average molecular weight is 274 g/mol. The van der Waals surface area contributed by atoms with Crippen LogP contribution in [-0.4, -0.2) is 39.1 Å². The summed E-state index contributed by atoms with van der Waals surface area (Å²) in [6, 6.07) is 2.79. The topological polar surface area (TPSA) is 34.0 Å². The molecule has 0 N–H and O–H groups in total. The summed E-state index contributed by atoms with van der Waals surface area (Å²) in [6.45, 7) is 7.92. The molecule has 110 valence electrons. The van der Waals surface area contributed by atoms with Gasteiger partial charge >= 0.3 is 0 Å². The van der Waals surface area contributed by atoms with Gasteiger partial charge in [0.05, 0.1) is 18.0 Å². The Balaban J connectivity index is 0.00000147. The van der Waals surface area contributed by atoms with Crippen LogP contribution in [0.25, 0.3) is 11.0 Å². The van der Waals surface area contributed by atoms with Gasteiger partial charge in [-0.1, -0.05) is 27.7 Å². The van der Waals surface area contributed by atoms with Gasteiger partial charge in [-0.2, -0.15) is 0 Å². The molecule has 0 saturated carbocycles. The molecule has 0 aliphatic carbocycles. The Morgan fingerprint density at radius 3 is 2.85 bits per heavy atom. The van der Waals surface area contributed by atoms with Crippen molar-refractivity contribution in [3.63, 3.8) is 0 Å². The molecule has 1 atom stereocenters. The van der Waals surface area contributed by atoms with Gasteiger partial charge in [-0.25, -0.2) is 4.98 Å². The quantitative estimate of drug-likeness (QED) is 0.858. The van der Waals surface area contributed by atoms with Crippen LogP contribution in [0.1, 0.15) is 45.9 Å². The minimum Gasteiger partial charge on any atom is -0.326 e. The van der Waals surface area contributed by atoms with Gasteiger partial charge in [-0.3, -0.25) is 4.98 Å². The zero-order chi connectivity index (χ0) is 13.2. The molecular weight excluding hydrogens is 248 g/mol. The summed E-state index contributed by atoms with van der Waals surface area (Å²) in [5.74, 6) is 0. The maximum absolute atomic E-state index is 4.50. The van der Waals surface area contributed by atoms with Crippen molar-refractivity contribution < 1.29 is 0 Å². The number of aryl methyl sites for hydroxylation is 1. The van der Waals surface area contributed by atoms with E-state index in [2.05, 4.69) is 39.3 Å². The Morgan fingerprint density at radius 1 is 1.30 bits per heavy atom. The highest BCUT2D eigenvalue weighted by Crippen LogP contribution is 2.25. The second-order valence-corrected chi connectivity index (χ2v) is 5.40. The number of pyridine rings is 1. The summed E-state index contributed by atoms with van der Waals surface area (Å²) in [5, 5.41) is 0. The summed E-state index contributed by atoms with van der Waals surface area (Å²) >= 11 is 0. The van der Waals surface area contributed by atoms with Gasteiger partial charge < -0.3 is 9.47 Å². The fourth-order valence-electron chi connectivity index (χ4n) is 2.98. The first-order chi connectivity index (χ1) is 9.31. The molecule has 0 spiro atoms. The lowest BCUT2D eigenvalue weighted by molar-refractivity contribution is 0.342. The monoisotopic (exact) mass is 274 g/mol. The van der Waals surface area contributed by atoms with E-state index in [9.17, 15) is 0 Å². The molecular formula is C16H26N4. The third-order valence-corrected chi connectivity index (χ3v) is 4.11. The molecule has 0 aromatic carbocycles. The second kappa shape index (κ2) is 6.35. The number of rotatable bonds is 4. The lowest BCUT2D eigenvalue weighted by atomic mass is 10.2. The van der Waals surface area contributed by atoms with Crippen LogP contribution < -0.4 is 0 Å². The van der Waals surface area contributed by atoms with Crippen LogP contribution in [0.3, 0.4) is 0 Å². The van der Waals surface area contributed by atoms with Crippen molar-refractivity contribution in [2.24, 2.45) is 0 Å². The van der Waals surface area contributed by atoms with Gasteiger partial charge in [0.1, 0.15) is 5.52 Å². The molecule has 4 nitrogen and oxygen atoms in total. The summed E-state index contributed by atoms with van der Waals surface area (Å²) in [5.41, 5.74) is 3.46. The fourth-order valence-corrected chi connectivity index (χ4v) is 2.98. The Kier molecular flexibility index (Phi) is 4.76. The van der Waals surface area contributed by atoms with Gasteiger partial charge in [0.25, 0.3) is 0 Å². The van der Waals surface area contributed by atoms with Crippen molar-refractivity contribution in [1.82, 2.24) is 19.4 Å². The van der Waals surface area contributed by atoms with E-state index >= 15 is 0 Å². The van der Waals surface area contributed by atoms with Gasteiger partial charge in [-0.15, -0.1) is 0 Å². The molecule has 0 amide bonds. The SMILES string of the molecule is C.CCCc1cc2c(cn1)ncn2[C@@H]1CCN(CC)C1. The molecule has 3 rings (SSSR count). The van der Waals surface area contributed by atoms with E-state index in [-0.39, 0.29) is 7.43 Å². The molecule has 1 fully saturated rings. The van der Waals surface area contributed by atoms with Crippen LogP contribution in [0.2, 0.25) is 0 Å². The molecule has 1 aliphatic heterocycles. The number of likely N-dealkylation sites (tertiary alicyclic amines) is 1. The zero-order valence-electron chi connectivity index (χ0n) is 11.8. The number of hydrogen-bond donors (Lipinski definition) is 0. The first-order valence-corrected chi connectivity index (χ1v) is 7.35. The fraction of sp³-hybridized carbons (Fsp3) is 0.625. The van der Waals surface area contributed by atoms with Gasteiger partial charge in [0, 0.05) is 24.8 Å². The lowest BCUT2D eigenvalue weighted by Gasteiger charge is -2.15. The van der Waals surface area contributed by atoms with Gasteiger partial charge in [0.15, 0.2) is 0 Å². The number of aromatic nitrogens is 3. The third kappa shape index (κ3) is 2.70. The molecule has 0 radical (unpaired) electrons. The zero-order valence-corrected chi connectivity index (χ0v) is 11.8. The smallest absolute Gasteiger partial charge is 0.107 e. The minimum absolute atomic E-state index is 0. The molecule has 1 saturated heterocycles. The highest BCUT2D eigenvalue weighted by Gasteiger charge is 2.23. The first kappa shape index (κ1) is 15.0. The second-order valence-electron chi connectivity index (χ2n) is 5.40. The van der Waals surface area contributed by atoms with Crippen LogP contribution in [0.5, 0.6) is 0 Å². The van der Waals surface area contributed by atoms with E-state index in [4.69, 9.17) is 0 Å². The van der Waals surface area contributed by atoms with E-state index in [1.165, 1.54) is 24.2 Å². The Labute approximate surface area is 121 Å². The van der Waals surface area contributed by atoms with Crippen LogP contribution in [-0.2, 0) is 6.42 Å². The van der Waals surface area contributed by atoms with Crippen LogP contribution >= 0.6 is 0 Å².